The van der Waals surface area contributed by atoms with Gasteiger partial charge in [-0.15, -0.1) is 0 Å². The molecule has 2 amide bonds. The maximum absolute atomic E-state index is 14.4. The van der Waals surface area contributed by atoms with Crippen LogP contribution in [0.25, 0.3) is 0 Å². The molecule has 8 nitrogen and oxygen atoms in total. The van der Waals surface area contributed by atoms with E-state index >= 15 is 0 Å². The number of carbonyl (C=O) groups excluding carboxylic acids is 2. The molecule has 1 atom stereocenters. The van der Waals surface area contributed by atoms with Gasteiger partial charge in [-0.3, -0.25) is 13.9 Å². The molecule has 0 aromatic heterocycles. The Morgan fingerprint density at radius 1 is 0.841 bits per heavy atom. The number of benzene rings is 4. The van der Waals surface area contributed by atoms with Crippen molar-refractivity contribution in [2.75, 3.05) is 24.0 Å². The summed E-state index contributed by atoms with van der Waals surface area (Å²) in [5.74, 6) is -0.377. The summed E-state index contributed by atoms with van der Waals surface area (Å²) >= 11 is 6.51. The van der Waals surface area contributed by atoms with Crippen molar-refractivity contribution >= 4 is 39.1 Å². The van der Waals surface area contributed by atoms with Crippen molar-refractivity contribution in [1.82, 2.24) is 10.2 Å². The lowest BCUT2D eigenvalue weighted by molar-refractivity contribution is -0.140. The highest BCUT2D eigenvalue weighted by molar-refractivity contribution is 7.92. The highest BCUT2D eigenvalue weighted by atomic mass is 35.5. The molecule has 0 fully saturated rings. The summed E-state index contributed by atoms with van der Waals surface area (Å²) in [6.07, 6.45) is 0.222. The van der Waals surface area contributed by atoms with Gasteiger partial charge < -0.3 is 15.0 Å². The van der Waals surface area contributed by atoms with Gasteiger partial charge in [0.2, 0.25) is 11.8 Å². The second-order valence-corrected chi connectivity index (χ2v) is 12.2. The number of anilines is 1. The van der Waals surface area contributed by atoms with Gasteiger partial charge in [-0.1, -0.05) is 78.3 Å². The minimum Gasteiger partial charge on any atom is -0.494 e. The van der Waals surface area contributed by atoms with E-state index < -0.39 is 28.5 Å². The molecule has 10 heteroatoms. The highest BCUT2D eigenvalue weighted by Crippen LogP contribution is 2.27. The minimum absolute atomic E-state index is 0.000165. The van der Waals surface area contributed by atoms with Crippen LogP contribution in [0.3, 0.4) is 0 Å². The first-order chi connectivity index (χ1) is 21.2. The zero-order valence-corrected chi connectivity index (χ0v) is 26.3. The molecule has 230 valence electrons. The number of halogens is 1. The summed E-state index contributed by atoms with van der Waals surface area (Å²) in [4.78, 5) is 29.3. The number of hydrogen-bond acceptors (Lipinski definition) is 5. The van der Waals surface area contributed by atoms with Crippen molar-refractivity contribution in [2.45, 2.75) is 37.8 Å². The van der Waals surface area contributed by atoms with Crippen LogP contribution in [0.5, 0.6) is 5.75 Å². The average Bonchev–Trinajstić information content (AvgIpc) is 3.03. The number of hydrogen-bond donors (Lipinski definition) is 1. The first-order valence-corrected chi connectivity index (χ1v) is 16.2. The van der Waals surface area contributed by atoms with E-state index in [1.165, 1.54) is 17.0 Å². The van der Waals surface area contributed by atoms with E-state index in [1.54, 1.807) is 73.7 Å². The van der Waals surface area contributed by atoms with Gasteiger partial charge in [0.25, 0.3) is 10.0 Å². The van der Waals surface area contributed by atoms with E-state index in [0.717, 1.165) is 9.87 Å². The third kappa shape index (κ3) is 8.18. The van der Waals surface area contributed by atoms with Crippen LogP contribution in [-0.2, 0) is 32.6 Å². The molecule has 44 heavy (non-hydrogen) atoms. The van der Waals surface area contributed by atoms with Gasteiger partial charge >= 0.3 is 0 Å². The number of rotatable bonds is 14. The lowest BCUT2D eigenvalue weighted by atomic mass is 10.0. The van der Waals surface area contributed by atoms with Gasteiger partial charge in [0.05, 0.1) is 17.2 Å². The Balaban J connectivity index is 1.77. The molecule has 0 saturated carbocycles. The number of ether oxygens (including phenoxy) is 1. The smallest absolute Gasteiger partial charge is 0.264 e. The van der Waals surface area contributed by atoms with Crippen molar-refractivity contribution in [3.8, 4) is 5.75 Å². The molecule has 0 spiro atoms. The van der Waals surface area contributed by atoms with Gasteiger partial charge in [0.15, 0.2) is 0 Å². The number of likely N-dealkylation sites (N-methyl/N-ethyl adjacent to an activating group) is 1. The molecule has 0 heterocycles. The zero-order valence-electron chi connectivity index (χ0n) is 24.7. The molecule has 4 aromatic rings. The van der Waals surface area contributed by atoms with E-state index in [0.29, 0.717) is 35.2 Å². The van der Waals surface area contributed by atoms with Crippen LogP contribution >= 0.6 is 11.6 Å². The molecule has 0 aliphatic carbocycles. The summed E-state index contributed by atoms with van der Waals surface area (Å²) in [6.45, 7) is 3.90. The fraction of sp³-hybridized carbons (Fsp3) is 0.235. The summed E-state index contributed by atoms with van der Waals surface area (Å²) in [6, 6.07) is 30.0. The fourth-order valence-corrected chi connectivity index (χ4v) is 6.39. The summed E-state index contributed by atoms with van der Waals surface area (Å²) in [5.41, 5.74) is 1.79. The minimum atomic E-state index is -4.21. The lowest BCUT2D eigenvalue weighted by Crippen LogP contribution is -2.53. The molecule has 0 aliphatic rings. The van der Waals surface area contributed by atoms with Crippen LogP contribution in [0.4, 0.5) is 5.69 Å². The molecule has 1 N–H and O–H groups in total. The quantitative estimate of drug-likeness (QED) is 0.192. The maximum atomic E-state index is 14.4. The number of sulfonamides is 1. The van der Waals surface area contributed by atoms with Crippen LogP contribution in [0.2, 0.25) is 5.02 Å². The largest absolute Gasteiger partial charge is 0.494 e. The van der Waals surface area contributed by atoms with Gasteiger partial charge in [0, 0.05) is 24.5 Å². The third-order valence-corrected chi connectivity index (χ3v) is 9.12. The number of nitrogens with zero attached hydrogens (tertiary/aromatic N) is 2. The van der Waals surface area contributed by atoms with Gasteiger partial charge in [-0.05, 0) is 67.4 Å². The number of amides is 2. The summed E-state index contributed by atoms with van der Waals surface area (Å²) in [7, 11) is -4.21. The van der Waals surface area contributed by atoms with Crippen molar-refractivity contribution in [2.24, 2.45) is 0 Å². The molecular formula is C34H36ClN3O5S. The number of carbonyl (C=O) groups is 2. The van der Waals surface area contributed by atoms with Crippen molar-refractivity contribution in [3.05, 3.63) is 125 Å². The fourth-order valence-electron chi connectivity index (χ4n) is 4.78. The molecule has 0 bridgehead atoms. The number of nitrogens with one attached hydrogen (secondary N) is 1. The van der Waals surface area contributed by atoms with Crippen molar-refractivity contribution in [3.63, 3.8) is 0 Å². The second kappa shape index (κ2) is 15.4. The molecule has 0 unspecified atom stereocenters. The Morgan fingerprint density at radius 3 is 2.07 bits per heavy atom. The first-order valence-electron chi connectivity index (χ1n) is 14.4. The van der Waals surface area contributed by atoms with Crippen LogP contribution in [0.1, 0.15) is 25.0 Å². The Labute approximate surface area is 264 Å². The molecular weight excluding hydrogens is 598 g/mol. The third-order valence-electron chi connectivity index (χ3n) is 6.97. The molecule has 0 saturated heterocycles. The molecule has 4 rings (SSSR count). The van der Waals surface area contributed by atoms with Crippen molar-refractivity contribution in [1.29, 1.82) is 0 Å². The summed E-state index contributed by atoms with van der Waals surface area (Å²) < 4.78 is 34.7. The Hall–Kier alpha value is -4.34. The van der Waals surface area contributed by atoms with Crippen LogP contribution in [0.15, 0.2) is 114 Å². The molecule has 0 radical (unpaired) electrons. The lowest BCUT2D eigenvalue weighted by Gasteiger charge is -2.34. The van der Waals surface area contributed by atoms with Crippen LogP contribution in [-0.4, -0.2) is 50.9 Å². The number of para-hydroxylation sites is 1. The maximum Gasteiger partial charge on any atom is 0.264 e. The van der Waals surface area contributed by atoms with Gasteiger partial charge in [0.1, 0.15) is 18.3 Å². The van der Waals surface area contributed by atoms with E-state index in [2.05, 4.69) is 5.32 Å². The van der Waals surface area contributed by atoms with E-state index in [9.17, 15) is 18.0 Å². The monoisotopic (exact) mass is 633 g/mol. The Kier molecular flexibility index (Phi) is 11.4. The topological polar surface area (TPSA) is 96.0 Å². The summed E-state index contributed by atoms with van der Waals surface area (Å²) in [5, 5.41) is 3.28. The van der Waals surface area contributed by atoms with Gasteiger partial charge in [-0.25, -0.2) is 8.42 Å². The Bertz CT molecular complexity index is 1630. The standard InChI is InChI=1S/C34H36ClN3O5S/c1-3-36-34(40)32(23-26-13-7-5-8-14-26)37(24-27-15-11-12-18-31(27)35)33(39)25-38(28-16-9-6-10-17-28)44(41,42)30-21-19-29(20-22-30)43-4-2/h5-22,32H,3-4,23-25H2,1-2H3,(H,36,40)/t32-/m0/s1. The molecule has 4 aromatic carbocycles. The highest BCUT2D eigenvalue weighted by Gasteiger charge is 2.34. The second-order valence-electron chi connectivity index (χ2n) is 9.96. The van der Waals surface area contributed by atoms with E-state index in [4.69, 9.17) is 16.3 Å². The zero-order chi connectivity index (χ0) is 31.5. The average molecular weight is 634 g/mol. The van der Waals surface area contributed by atoms with Crippen molar-refractivity contribution < 1.29 is 22.7 Å². The SMILES string of the molecule is CCNC(=O)[C@H](Cc1ccccc1)N(Cc1ccccc1Cl)C(=O)CN(c1ccccc1)S(=O)(=O)c1ccc(OCC)cc1. The van der Waals surface area contributed by atoms with Crippen LogP contribution < -0.4 is 14.4 Å². The molecule has 0 aliphatic heterocycles. The van der Waals surface area contributed by atoms with E-state index in [-0.39, 0.29) is 23.8 Å². The van der Waals surface area contributed by atoms with Crippen LogP contribution in [0, 0.1) is 0 Å². The predicted molar refractivity (Wildman–Crippen MR) is 173 cm³/mol. The Morgan fingerprint density at radius 2 is 1.45 bits per heavy atom. The van der Waals surface area contributed by atoms with Gasteiger partial charge in [-0.2, -0.15) is 0 Å². The predicted octanol–water partition coefficient (Wildman–Crippen LogP) is 5.71. The normalized spacial score (nSPS) is 11.8. The first kappa shape index (κ1) is 32.6. The van der Waals surface area contributed by atoms with E-state index in [1.807, 2.05) is 37.3 Å².